The van der Waals surface area contributed by atoms with Gasteiger partial charge < -0.3 is 5.11 Å². The number of aromatic nitrogens is 4. The van der Waals surface area contributed by atoms with Crippen LogP contribution >= 0.6 is 0 Å². The smallest absolute Gasteiger partial charge is 0.309 e. The van der Waals surface area contributed by atoms with Crippen molar-refractivity contribution in [2.75, 3.05) is 0 Å². The Balaban J connectivity index is 1.86. The molecule has 0 bridgehead atoms. The molecule has 0 saturated heterocycles. The van der Waals surface area contributed by atoms with E-state index >= 15 is 0 Å². The molecule has 1 saturated carbocycles. The Morgan fingerprint density at radius 2 is 2.28 bits per heavy atom. The quantitative estimate of drug-likeness (QED) is 0.845. The third-order valence-corrected chi connectivity index (χ3v) is 3.38. The molecule has 6 heteroatoms. The number of carboxylic acids is 1. The van der Waals surface area contributed by atoms with Crippen LogP contribution in [0.25, 0.3) is 11.4 Å². The van der Waals surface area contributed by atoms with Crippen molar-refractivity contribution < 1.29 is 9.90 Å². The van der Waals surface area contributed by atoms with Crippen LogP contribution in [0.4, 0.5) is 0 Å². The van der Waals surface area contributed by atoms with Crippen LogP contribution in [0.15, 0.2) is 24.3 Å². The predicted molar refractivity (Wildman–Crippen MR) is 62.6 cm³/mol. The first-order chi connectivity index (χ1) is 8.70. The zero-order valence-electron chi connectivity index (χ0n) is 9.63. The zero-order chi connectivity index (χ0) is 12.6. The standard InChI is InChI=1S/C12H12N4O2/c17-11(18)12(4-5-12)7-8-2-1-3-9(6-8)10-13-15-16-14-10/h1-3,6H,4-5,7H2,(H,17,18)(H,13,14,15,16). The molecule has 1 aromatic carbocycles. The SMILES string of the molecule is O=C(O)C1(Cc2cccc(-c3nn[nH]n3)c2)CC1. The van der Waals surface area contributed by atoms with Gasteiger partial charge in [-0.25, -0.2) is 0 Å². The summed E-state index contributed by atoms with van der Waals surface area (Å²) in [7, 11) is 0. The van der Waals surface area contributed by atoms with Gasteiger partial charge in [0.2, 0.25) is 5.82 Å². The van der Waals surface area contributed by atoms with Crippen LogP contribution in [0.1, 0.15) is 18.4 Å². The molecule has 0 unspecified atom stereocenters. The number of tetrazole rings is 1. The van der Waals surface area contributed by atoms with Crippen LogP contribution in [0.5, 0.6) is 0 Å². The van der Waals surface area contributed by atoms with Gasteiger partial charge in [-0.3, -0.25) is 4.79 Å². The third kappa shape index (κ3) is 1.85. The van der Waals surface area contributed by atoms with Crippen molar-refractivity contribution in [1.29, 1.82) is 0 Å². The van der Waals surface area contributed by atoms with Crippen LogP contribution in [0.3, 0.4) is 0 Å². The summed E-state index contributed by atoms with van der Waals surface area (Å²) >= 11 is 0. The third-order valence-electron chi connectivity index (χ3n) is 3.38. The number of nitrogens with one attached hydrogen (secondary N) is 1. The summed E-state index contributed by atoms with van der Waals surface area (Å²) in [5.74, 6) is -0.176. The minimum Gasteiger partial charge on any atom is -0.481 e. The lowest BCUT2D eigenvalue weighted by Crippen LogP contribution is -2.17. The Morgan fingerprint density at radius 3 is 2.89 bits per heavy atom. The fourth-order valence-electron chi connectivity index (χ4n) is 2.11. The van der Waals surface area contributed by atoms with E-state index in [9.17, 15) is 9.90 Å². The molecule has 0 amide bonds. The van der Waals surface area contributed by atoms with E-state index in [-0.39, 0.29) is 0 Å². The Morgan fingerprint density at radius 1 is 1.44 bits per heavy atom. The highest BCUT2D eigenvalue weighted by atomic mass is 16.4. The number of hydrogen-bond acceptors (Lipinski definition) is 4. The first-order valence-electron chi connectivity index (χ1n) is 5.76. The van der Waals surface area contributed by atoms with Gasteiger partial charge in [-0.1, -0.05) is 18.2 Å². The van der Waals surface area contributed by atoms with E-state index in [2.05, 4.69) is 20.6 Å². The Bertz CT molecular complexity index is 576. The van der Waals surface area contributed by atoms with Gasteiger partial charge >= 0.3 is 5.97 Å². The van der Waals surface area contributed by atoms with E-state index in [4.69, 9.17) is 0 Å². The first-order valence-corrected chi connectivity index (χ1v) is 5.76. The van der Waals surface area contributed by atoms with Gasteiger partial charge in [0, 0.05) is 5.56 Å². The van der Waals surface area contributed by atoms with Gasteiger partial charge in [0.05, 0.1) is 5.41 Å². The lowest BCUT2D eigenvalue weighted by Gasteiger charge is -2.09. The lowest BCUT2D eigenvalue weighted by atomic mass is 9.95. The van der Waals surface area contributed by atoms with Gasteiger partial charge in [-0.2, -0.15) is 5.21 Å². The molecule has 18 heavy (non-hydrogen) atoms. The van der Waals surface area contributed by atoms with Crippen molar-refractivity contribution >= 4 is 5.97 Å². The van der Waals surface area contributed by atoms with Crippen molar-refractivity contribution in [1.82, 2.24) is 20.6 Å². The molecule has 0 atom stereocenters. The summed E-state index contributed by atoms with van der Waals surface area (Å²) < 4.78 is 0. The van der Waals surface area contributed by atoms with E-state index in [1.807, 2.05) is 24.3 Å². The van der Waals surface area contributed by atoms with E-state index in [0.717, 1.165) is 24.0 Å². The van der Waals surface area contributed by atoms with Gasteiger partial charge in [-0.15, -0.1) is 10.2 Å². The maximum Gasteiger partial charge on any atom is 0.309 e. The lowest BCUT2D eigenvalue weighted by molar-refractivity contribution is -0.143. The van der Waals surface area contributed by atoms with Gasteiger partial charge in [0.15, 0.2) is 0 Å². The molecule has 1 aliphatic carbocycles. The predicted octanol–water partition coefficient (Wildman–Crippen LogP) is 1.27. The monoisotopic (exact) mass is 244 g/mol. The van der Waals surface area contributed by atoms with Crippen LogP contribution in [0, 0.1) is 5.41 Å². The second-order valence-corrected chi connectivity index (χ2v) is 4.70. The van der Waals surface area contributed by atoms with Crippen molar-refractivity contribution in [3.8, 4) is 11.4 Å². The topological polar surface area (TPSA) is 91.8 Å². The summed E-state index contributed by atoms with van der Waals surface area (Å²) in [6.07, 6.45) is 2.08. The highest BCUT2D eigenvalue weighted by Crippen LogP contribution is 2.48. The highest BCUT2D eigenvalue weighted by Gasteiger charge is 2.49. The second kappa shape index (κ2) is 3.90. The normalized spacial score (nSPS) is 16.4. The number of aromatic amines is 1. The molecule has 0 aliphatic heterocycles. The molecule has 0 radical (unpaired) electrons. The van der Waals surface area contributed by atoms with E-state index in [1.165, 1.54) is 0 Å². The minimum atomic E-state index is -0.701. The molecular formula is C12H12N4O2. The maximum atomic E-state index is 11.2. The maximum absolute atomic E-state index is 11.2. The Kier molecular flexibility index (Phi) is 2.36. The van der Waals surface area contributed by atoms with E-state index < -0.39 is 11.4 Å². The van der Waals surface area contributed by atoms with Crippen LogP contribution in [-0.4, -0.2) is 31.7 Å². The molecule has 1 heterocycles. The molecule has 0 spiro atoms. The highest BCUT2D eigenvalue weighted by molar-refractivity contribution is 5.78. The number of carboxylic acid groups (broad SMARTS) is 1. The number of nitrogens with zero attached hydrogens (tertiary/aromatic N) is 3. The average Bonchev–Trinajstić information content (AvgIpc) is 2.94. The molecule has 2 aromatic rings. The Hall–Kier alpha value is -2.24. The number of hydrogen-bond donors (Lipinski definition) is 2. The summed E-state index contributed by atoms with van der Waals surface area (Å²) in [5.41, 5.74) is 1.30. The van der Waals surface area contributed by atoms with Gasteiger partial charge in [0.25, 0.3) is 0 Å². The molecule has 3 rings (SSSR count). The molecule has 6 nitrogen and oxygen atoms in total. The zero-order valence-corrected chi connectivity index (χ0v) is 9.63. The van der Waals surface area contributed by atoms with Crippen LogP contribution in [-0.2, 0) is 11.2 Å². The molecule has 2 N–H and O–H groups in total. The Labute approximate surface area is 103 Å². The molecule has 92 valence electrons. The van der Waals surface area contributed by atoms with Crippen molar-refractivity contribution in [3.05, 3.63) is 29.8 Å². The molecule has 1 fully saturated rings. The largest absolute Gasteiger partial charge is 0.481 e. The second-order valence-electron chi connectivity index (χ2n) is 4.70. The molecule has 1 aromatic heterocycles. The van der Waals surface area contributed by atoms with Crippen molar-refractivity contribution in [2.24, 2.45) is 5.41 Å². The number of H-pyrrole nitrogens is 1. The number of aliphatic carboxylic acids is 1. The number of carbonyl (C=O) groups is 1. The minimum absolute atomic E-state index is 0.525. The number of rotatable bonds is 4. The first kappa shape index (κ1) is 10.9. The van der Waals surface area contributed by atoms with E-state index in [1.54, 1.807) is 0 Å². The summed E-state index contributed by atoms with van der Waals surface area (Å²) in [6, 6.07) is 7.63. The van der Waals surface area contributed by atoms with Crippen LogP contribution in [0.2, 0.25) is 0 Å². The summed E-state index contributed by atoms with van der Waals surface area (Å²) in [6.45, 7) is 0. The van der Waals surface area contributed by atoms with Gasteiger partial charge in [-0.05, 0) is 36.1 Å². The average molecular weight is 244 g/mol. The summed E-state index contributed by atoms with van der Waals surface area (Å²) in [5, 5.41) is 22.9. The van der Waals surface area contributed by atoms with E-state index in [0.29, 0.717) is 12.2 Å². The van der Waals surface area contributed by atoms with Crippen molar-refractivity contribution in [2.45, 2.75) is 19.3 Å². The van der Waals surface area contributed by atoms with Crippen LogP contribution < -0.4 is 0 Å². The fourth-order valence-corrected chi connectivity index (χ4v) is 2.11. The summed E-state index contributed by atoms with van der Waals surface area (Å²) in [4.78, 5) is 11.2. The van der Waals surface area contributed by atoms with Gasteiger partial charge in [0.1, 0.15) is 0 Å². The number of benzene rings is 1. The molecule has 1 aliphatic rings. The fraction of sp³-hybridized carbons (Fsp3) is 0.333. The molecular weight excluding hydrogens is 232 g/mol. The van der Waals surface area contributed by atoms with Crippen molar-refractivity contribution in [3.63, 3.8) is 0 Å².